The molecule has 1 N–H and O–H groups in total. The summed E-state index contributed by atoms with van der Waals surface area (Å²) in [4.78, 5) is 14.1. The van der Waals surface area contributed by atoms with Crippen molar-refractivity contribution in [1.29, 1.82) is 5.26 Å². The van der Waals surface area contributed by atoms with Gasteiger partial charge in [-0.15, -0.1) is 11.8 Å². The van der Waals surface area contributed by atoms with Crippen LogP contribution in [-0.2, 0) is 5.75 Å². The summed E-state index contributed by atoms with van der Waals surface area (Å²) in [6.07, 6.45) is 0. The molecule has 0 saturated heterocycles. The molecule has 0 fully saturated rings. The highest BCUT2D eigenvalue weighted by Crippen LogP contribution is 2.33. The molecular weight excluding hydrogens is 432 g/mol. The molecule has 4 aromatic rings. The number of furan rings is 1. The van der Waals surface area contributed by atoms with Gasteiger partial charge in [-0.25, -0.2) is 0 Å². The fourth-order valence-electron chi connectivity index (χ4n) is 3.05. The van der Waals surface area contributed by atoms with Crippen LogP contribution in [-0.4, -0.2) is 12.5 Å². The van der Waals surface area contributed by atoms with Crippen molar-refractivity contribution in [3.05, 3.63) is 89.1 Å². The third-order valence-electron chi connectivity index (χ3n) is 4.52. The number of anilines is 1. The SMILES string of the molecule is N#CCOc1ccc(NC(=O)c2oc3ccccc3c2CSc2ccc(Cl)cc2)cc1. The predicted molar refractivity (Wildman–Crippen MR) is 123 cm³/mol. The number of rotatable bonds is 7. The lowest BCUT2D eigenvalue weighted by atomic mass is 10.1. The third kappa shape index (κ3) is 5.02. The Bertz CT molecular complexity index is 1240. The molecule has 0 atom stereocenters. The van der Waals surface area contributed by atoms with E-state index in [0.717, 1.165) is 15.8 Å². The van der Waals surface area contributed by atoms with Gasteiger partial charge in [0.15, 0.2) is 12.4 Å². The number of carbonyl (C=O) groups is 1. The smallest absolute Gasteiger partial charge is 0.291 e. The Hall–Kier alpha value is -3.40. The van der Waals surface area contributed by atoms with E-state index in [4.69, 9.17) is 26.0 Å². The maximum Gasteiger partial charge on any atom is 0.291 e. The van der Waals surface area contributed by atoms with Crippen LogP contribution in [0.15, 0.2) is 82.1 Å². The van der Waals surface area contributed by atoms with Crippen molar-refractivity contribution in [3.63, 3.8) is 0 Å². The standard InChI is InChI=1S/C24H17ClN2O3S/c25-16-5-11-19(12-6-16)31-15-21-20-3-1-2-4-22(20)30-23(21)24(28)27-17-7-9-18(10-8-17)29-14-13-26/h1-12H,14-15H2,(H,27,28). The maximum atomic E-state index is 13.0. The first kappa shape index (κ1) is 20.9. The Kier molecular flexibility index (Phi) is 6.46. The summed E-state index contributed by atoms with van der Waals surface area (Å²) in [7, 11) is 0. The molecule has 1 aromatic heterocycles. The van der Waals surface area contributed by atoms with E-state index in [2.05, 4.69) is 5.32 Å². The van der Waals surface area contributed by atoms with Crippen LogP contribution in [0, 0.1) is 11.3 Å². The Morgan fingerprint density at radius 3 is 2.55 bits per heavy atom. The number of thioether (sulfide) groups is 1. The van der Waals surface area contributed by atoms with Crippen molar-refractivity contribution in [2.45, 2.75) is 10.6 Å². The van der Waals surface area contributed by atoms with Gasteiger partial charge in [0.25, 0.3) is 5.91 Å². The summed E-state index contributed by atoms with van der Waals surface area (Å²) in [6, 6.07) is 23.9. The number of para-hydroxylation sites is 1. The number of fused-ring (bicyclic) bond motifs is 1. The van der Waals surface area contributed by atoms with Gasteiger partial charge in [-0.2, -0.15) is 5.26 Å². The number of benzene rings is 3. The minimum Gasteiger partial charge on any atom is -0.479 e. The molecule has 154 valence electrons. The molecule has 4 rings (SSSR count). The lowest BCUT2D eigenvalue weighted by Gasteiger charge is -2.07. The molecule has 1 amide bonds. The normalized spacial score (nSPS) is 10.6. The zero-order valence-corrected chi connectivity index (χ0v) is 17.9. The molecule has 0 saturated carbocycles. The van der Waals surface area contributed by atoms with E-state index in [1.54, 1.807) is 36.0 Å². The Morgan fingerprint density at radius 2 is 1.81 bits per heavy atom. The molecule has 0 unspecified atom stereocenters. The number of nitrogens with zero attached hydrogens (tertiary/aromatic N) is 1. The molecule has 3 aromatic carbocycles. The van der Waals surface area contributed by atoms with Crippen LogP contribution in [0.2, 0.25) is 5.02 Å². The molecule has 0 aliphatic heterocycles. The van der Waals surface area contributed by atoms with E-state index in [9.17, 15) is 4.79 Å². The molecule has 5 nitrogen and oxygen atoms in total. The molecule has 0 bridgehead atoms. The number of hydrogen-bond donors (Lipinski definition) is 1. The van der Waals surface area contributed by atoms with Crippen LogP contribution < -0.4 is 10.1 Å². The number of nitrogens with one attached hydrogen (secondary N) is 1. The van der Waals surface area contributed by atoms with Gasteiger partial charge in [0.1, 0.15) is 17.4 Å². The fourth-order valence-corrected chi connectivity index (χ4v) is 4.10. The van der Waals surface area contributed by atoms with Gasteiger partial charge in [-0.3, -0.25) is 4.79 Å². The number of halogens is 1. The van der Waals surface area contributed by atoms with E-state index in [0.29, 0.717) is 27.8 Å². The molecule has 0 spiro atoms. The number of carbonyl (C=O) groups excluding carboxylic acids is 1. The summed E-state index contributed by atoms with van der Waals surface area (Å²) < 4.78 is 11.1. The fraction of sp³-hybridized carbons (Fsp3) is 0.0833. The first-order valence-corrected chi connectivity index (χ1v) is 10.8. The van der Waals surface area contributed by atoms with Crippen molar-refractivity contribution in [1.82, 2.24) is 0 Å². The van der Waals surface area contributed by atoms with Gasteiger partial charge in [0.2, 0.25) is 0 Å². The van der Waals surface area contributed by atoms with Gasteiger partial charge >= 0.3 is 0 Å². The number of amides is 1. The average molecular weight is 449 g/mol. The topological polar surface area (TPSA) is 75.3 Å². The van der Waals surface area contributed by atoms with E-state index >= 15 is 0 Å². The van der Waals surface area contributed by atoms with Gasteiger partial charge in [0.05, 0.1) is 0 Å². The van der Waals surface area contributed by atoms with E-state index < -0.39 is 0 Å². The number of hydrogen-bond acceptors (Lipinski definition) is 5. The van der Waals surface area contributed by atoms with Crippen LogP contribution in [0.25, 0.3) is 11.0 Å². The van der Waals surface area contributed by atoms with Gasteiger partial charge in [-0.05, 0) is 54.6 Å². The van der Waals surface area contributed by atoms with E-state index in [1.807, 2.05) is 54.6 Å². The number of nitriles is 1. The van der Waals surface area contributed by atoms with Crippen molar-refractivity contribution in [2.75, 3.05) is 11.9 Å². The van der Waals surface area contributed by atoms with Gasteiger partial charge in [-0.1, -0.05) is 29.8 Å². The summed E-state index contributed by atoms with van der Waals surface area (Å²) in [6.45, 7) is -0.0284. The maximum absolute atomic E-state index is 13.0. The predicted octanol–water partition coefficient (Wildman–Crippen LogP) is 6.53. The lowest BCUT2D eigenvalue weighted by Crippen LogP contribution is -2.12. The van der Waals surface area contributed by atoms with Crippen LogP contribution in [0.1, 0.15) is 16.1 Å². The van der Waals surface area contributed by atoms with Crippen molar-refractivity contribution < 1.29 is 13.9 Å². The van der Waals surface area contributed by atoms with Crippen molar-refractivity contribution >= 4 is 45.9 Å². The molecule has 31 heavy (non-hydrogen) atoms. The second-order valence-electron chi connectivity index (χ2n) is 6.57. The summed E-state index contributed by atoms with van der Waals surface area (Å²) >= 11 is 7.58. The quantitative estimate of drug-likeness (QED) is 0.325. The van der Waals surface area contributed by atoms with Gasteiger partial charge in [0, 0.05) is 32.3 Å². The Balaban J connectivity index is 1.56. The average Bonchev–Trinajstić information content (AvgIpc) is 3.17. The third-order valence-corrected chi connectivity index (χ3v) is 5.81. The molecule has 7 heteroatoms. The van der Waals surface area contributed by atoms with E-state index in [-0.39, 0.29) is 18.3 Å². The zero-order chi connectivity index (χ0) is 21.6. The Labute approximate surface area is 188 Å². The van der Waals surface area contributed by atoms with E-state index in [1.165, 1.54) is 0 Å². The minimum absolute atomic E-state index is 0.0284. The summed E-state index contributed by atoms with van der Waals surface area (Å²) in [5.74, 6) is 1.09. The molecule has 0 aliphatic rings. The zero-order valence-electron chi connectivity index (χ0n) is 16.3. The van der Waals surface area contributed by atoms with Crippen LogP contribution >= 0.6 is 23.4 Å². The van der Waals surface area contributed by atoms with Crippen LogP contribution in [0.4, 0.5) is 5.69 Å². The highest BCUT2D eigenvalue weighted by atomic mass is 35.5. The summed E-state index contributed by atoms with van der Waals surface area (Å²) in [5, 5.41) is 13.1. The molecule has 1 heterocycles. The first-order valence-electron chi connectivity index (χ1n) is 9.44. The Morgan fingerprint density at radius 1 is 1.06 bits per heavy atom. The minimum atomic E-state index is -0.325. The number of ether oxygens (including phenoxy) is 1. The molecule has 0 radical (unpaired) electrons. The highest BCUT2D eigenvalue weighted by Gasteiger charge is 2.21. The molecule has 0 aliphatic carbocycles. The van der Waals surface area contributed by atoms with Gasteiger partial charge < -0.3 is 14.5 Å². The second-order valence-corrected chi connectivity index (χ2v) is 8.06. The summed E-state index contributed by atoms with van der Waals surface area (Å²) in [5.41, 5.74) is 2.10. The van der Waals surface area contributed by atoms with Crippen LogP contribution in [0.3, 0.4) is 0 Å². The second kappa shape index (κ2) is 9.61. The van der Waals surface area contributed by atoms with Crippen LogP contribution in [0.5, 0.6) is 5.75 Å². The van der Waals surface area contributed by atoms with Crippen molar-refractivity contribution in [2.24, 2.45) is 0 Å². The first-order chi connectivity index (χ1) is 15.1. The van der Waals surface area contributed by atoms with Crippen molar-refractivity contribution in [3.8, 4) is 11.8 Å². The largest absolute Gasteiger partial charge is 0.479 e. The monoisotopic (exact) mass is 448 g/mol. The molecular formula is C24H17ClN2O3S. The lowest BCUT2D eigenvalue weighted by molar-refractivity contribution is 0.0998. The highest BCUT2D eigenvalue weighted by molar-refractivity contribution is 7.98.